The van der Waals surface area contributed by atoms with E-state index in [4.69, 9.17) is 0 Å². The number of nitrogens with one attached hydrogen (secondary N) is 1. The van der Waals surface area contributed by atoms with Crippen LogP contribution in [0, 0.1) is 0 Å². The third kappa shape index (κ3) is 3.40. The van der Waals surface area contributed by atoms with E-state index in [1.165, 1.54) is 14.0 Å². The molecular formula is C7H12N2O2. The second kappa shape index (κ2) is 4.49. The molecule has 0 aliphatic heterocycles. The van der Waals surface area contributed by atoms with Gasteiger partial charge in [0.05, 0.1) is 0 Å². The average molecular weight is 156 g/mol. The first-order valence-electron chi connectivity index (χ1n) is 3.22. The van der Waals surface area contributed by atoms with Crippen LogP contribution >= 0.6 is 0 Å². The Balaban J connectivity index is 3.82. The minimum Gasteiger partial charge on any atom is -0.334 e. The molecule has 0 aliphatic rings. The Morgan fingerprint density at radius 2 is 2.18 bits per heavy atom. The van der Waals surface area contributed by atoms with Gasteiger partial charge in [-0.25, -0.2) is 4.79 Å². The van der Waals surface area contributed by atoms with Crippen LogP contribution in [0.2, 0.25) is 0 Å². The first kappa shape index (κ1) is 9.68. The molecule has 3 amide bonds. The number of urea groups is 1. The highest BCUT2D eigenvalue weighted by Gasteiger charge is 2.09. The molecule has 0 aromatic carbocycles. The molecule has 1 N–H and O–H groups in total. The Kier molecular flexibility index (Phi) is 3.95. The van der Waals surface area contributed by atoms with Crippen molar-refractivity contribution in [1.29, 1.82) is 0 Å². The molecule has 0 aromatic heterocycles. The van der Waals surface area contributed by atoms with Crippen LogP contribution in [0.4, 0.5) is 4.79 Å². The van der Waals surface area contributed by atoms with E-state index in [0.29, 0.717) is 6.54 Å². The van der Waals surface area contributed by atoms with Crippen molar-refractivity contribution in [3.05, 3.63) is 12.7 Å². The Morgan fingerprint density at radius 3 is 2.55 bits per heavy atom. The largest absolute Gasteiger partial charge is 0.334 e. The van der Waals surface area contributed by atoms with Crippen molar-refractivity contribution in [3.8, 4) is 0 Å². The SMILES string of the molecule is C=CCNC(=O)N(C)C(C)=O. The predicted molar refractivity (Wildman–Crippen MR) is 42.0 cm³/mol. The molecule has 62 valence electrons. The molecule has 0 unspecified atom stereocenters. The van der Waals surface area contributed by atoms with Crippen molar-refractivity contribution in [3.63, 3.8) is 0 Å². The lowest BCUT2D eigenvalue weighted by Crippen LogP contribution is -2.39. The standard InChI is InChI=1S/C7H12N2O2/c1-4-5-8-7(11)9(3)6(2)10/h4H,1,5H2,2-3H3,(H,8,11). The molecule has 0 saturated carbocycles. The monoisotopic (exact) mass is 156 g/mol. The van der Waals surface area contributed by atoms with Crippen LogP contribution in [0.1, 0.15) is 6.92 Å². The van der Waals surface area contributed by atoms with Gasteiger partial charge < -0.3 is 5.32 Å². The summed E-state index contributed by atoms with van der Waals surface area (Å²) < 4.78 is 0. The number of amides is 3. The summed E-state index contributed by atoms with van der Waals surface area (Å²) in [5.41, 5.74) is 0. The van der Waals surface area contributed by atoms with E-state index in [2.05, 4.69) is 11.9 Å². The minimum absolute atomic E-state index is 0.286. The Hall–Kier alpha value is -1.32. The molecule has 4 nitrogen and oxygen atoms in total. The number of carbonyl (C=O) groups excluding carboxylic acids is 2. The smallest absolute Gasteiger partial charge is 0.324 e. The second-order valence-corrected chi connectivity index (χ2v) is 2.05. The van der Waals surface area contributed by atoms with Crippen molar-refractivity contribution < 1.29 is 9.59 Å². The summed E-state index contributed by atoms with van der Waals surface area (Å²) in [6, 6.07) is -0.405. The molecule has 0 fully saturated rings. The molecule has 4 heteroatoms. The Morgan fingerprint density at radius 1 is 1.64 bits per heavy atom. The highest BCUT2D eigenvalue weighted by molar-refractivity contribution is 5.92. The van der Waals surface area contributed by atoms with E-state index in [1.54, 1.807) is 6.08 Å². The molecule has 0 saturated heterocycles. The van der Waals surface area contributed by atoms with E-state index in [-0.39, 0.29) is 5.91 Å². The van der Waals surface area contributed by atoms with E-state index < -0.39 is 6.03 Å². The van der Waals surface area contributed by atoms with Crippen LogP contribution in [-0.2, 0) is 4.79 Å². The third-order valence-corrected chi connectivity index (χ3v) is 1.17. The van der Waals surface area contributed by atoms with Crippen LogP contribution in [0.3, 0.4) is 0 Å². The predicted octanol–water partition coefficient (Wildman–Crippen LogP) is 0.360. The van der Waals surface area contributed by atoms with Crippen LogP contribution in [0.5, 0.6) is 0 Å². The van der Waals surface area contributed by atoms with E-state index in [9.17, 15) is 9.59 Å². The summed E-state index contributed by atoms with van der Waals surface area (Å²) in [7, 11) is 1.42. The molecule has 0 bridgehead atoms. The molecule has 0 aromatic rings. The van der Waals surface area contributed by atoms with E-state index >= 15 is 0 Å². The van der Waals surface area contributed by atoms with Crippen molar-refractivity contribution in [2.45, 2.75) is 6.92 Å². The van der Waals surface area contributed by atoms with Crippen molar-refractivity contribution in [1.82, 2.24) is 10.2 Å². The number of carbonyl (C=O) groups is 2. The summed E-state index contributed by atoms with van der Waals surface area (Å²) >= 11 is 0. The number of hydrogen-bond donors (Lipinski definition) is 1. The Bertz CT molecular complexity index is 177. The lowest BCUT2D eigenvalue weighted by Gasteiger charge is -2.12. The van der Waals surface area contributed by atoms with Gasteiger partial charge in [-0.3, -0.25) is 9.69 Å². The number of rotatable bonds is 2. The van der Waals surface area contributed by atoms with Crippen molar-refractivity contribution in [2.24, 2.45) is 0 Å². The lowest BCUT2D eigenvalue weighted by atomic mass is 10.6. The van der Waals surface area contributed by atoms with Gasteiger partial charge in [0.1, 0.15) is 0 Å². The van der Waals surface area contributed by atoms with Crippen molar-refractivity contribution >= 4 is 11.9 Å². The molecular weight excluding hydrogens is 144 g/mol. The van der Waals surface area contributed by atoms with Crippen LogP contribution in [0.15, 0.2) is 12.7 Å². The van der Waals surface area contributed by atoms with Gasteiger partial charge in [-0.2, -0.15) is 0 Å². The quantitative estimate of drug-likeness (QED) is 0.587. The molecule has 11 heavy (non-hydrogen) atoms. The maximum atomic E-state index is 10.9. The summed E-state index contributed by atoms with van der Waals surface area (Å²) in [6.07, 6.45) is 1.55. The first-order chi connectivity index (χ1) is 5.09. The van der Waals surface area contributed by atoms with Gasteiger partial charge in [0, 0.05) is 20.5 Å². The molecule has 0 aliphatic carbocycles. The normalized spacial score (nSPS) is 8.55. The zero-order valence-corrected chi connectivity index (χ0v) is 6.76. The fourth-order valence-corrected chi connectivity index (χ4v) is 0.421. The molecule has 0 rings (SSSR count). The summed E-state index contributed by atoms with van der Waals surface area (Å²) in [5.74, 6) is -0.286. The van der Waals surface area contributed by atoms with Crippen LogP contribution in [-0.4, -0.2) is 30.4 Å². The maximum Gasteiger partial charge on any atom is 0.324 e. The molecule has 0 atom stereocenters. The summed E-state index contributed by atoms with van der Waals surface area (Å²) in [6.45, 7) is 5.12. The molecule has 0 heterocycles. The second-order valence-electron chi connectivity index (χ2n) is 2.05. The van der Waals surface area contributed by atoms with Gasteiger partial charge in [-0.05, 0) is 0 Å². The fraction of sp³-hybridized carbons (Fsp3) is 0.429. The zero-order chi connectivity index (χ0) is 8.85. The first-order valence-corrected chi connectivity index (χ1v) is 3.22. The topological polar surface area (TPSA) is 49.4 Å². The lowest BCUT2D eigenvalue weighted by molar-refractivity contribution is -0.124. The van der Waals surface area contributed by atoms with Gasteiger partial charge >= 0.3 is 6.03 Å². The highest BCUT2D eigenvalue weighted by Crippen LogP contribution is 1.83. The zero-order valence-electron chi connectivity index (χ0n) is 6.76. The highest BCUT2D eigenvalue weighted by atomic mass is 16.2. The summed E-state index contributed by atoms with van der Waals surface area (Å²) in [4.78, 5) is 22.5. The number of imide groups is 1. The van der Waals surface area contributed by atoms with Gasteiger partial charge in [0.2, 0.25) is 5.91 Å². The van der Waals surface area contributed by atoms with Gasteiger partial charge in [-0.1, -0.05) is 6.08 Å². The number of nitrogens with zero attached hydrogens (tertiary/aromatic N) is 1. The van der Waals surface area contributed by atoms with Crippen molar-refractivity contribution in [2.75, 3.05) is 13.6 Å². The molecule has 0 spiro atoms. The van der Waals surface area contributed by atoms with Crippen LogP contribution in [0.25, 0.3) is 0 Å². The van der Waals surface area contributed by atoms with E-state index in [0.717, 1.165) is 4.90 Å². The molecule has 0 radical (unpaired) electrons. The summed E-state index contributed by atoms with van der Waals surface area (Å²) in [5, 5.41) is 2.46. The fourth-order valence-electron chi connectivity index (χ4n) is 0.421. The Labute approximate surface area is 65.9 Å². The minimum atomic E-state index is -0.405. The third-order valence-electron chi connectivity index (χ3n) is 1.17. The van der Waals surface area contributed by atoms with E-state index in [1.807, 2.05) is 0 Å². The van der Waals surface area contributed by atoms with Gasteiger partial charge in [0.25, 0.3) is 0 Å². The van der Waals surface area contributed by atoms with Crippen LogP contribution < -0.4 is 5.32 Å². The number of hydrogen-bond acceptors (Lipinski definition) is 2. The van der Waals surface area contributed by atoms with Gasteiger partial charge in [0.15, 0.2) is 0 Å². The van der Waals surface area contributed by atoms with Gasteiger partial charge in [-0.15, -0.1) is 6.58 Å². The maximum absolute atomic E-state index is 10.9. The average Bonchev–Trinajstić information content (AvgIpc) is 1.98.